The first-order valence-corrected chi connectivity index (χ1v) is 10.2. The molecule has 0 heterocycles. The molecule has 1 nitrogen and oxygen atoms in total. The summed E-state index contributed by atoms with van der Waals surface area (Å²) in [4.78, 5) is 0. The van der Waals surface area contributed by atoms with E-state index in [-0.39, 0.29) is 5.60 Å². The average molecular weight is 305 g/mol. The first-order chi connectivity index (χ1) is 10.4. The Morgan fingerprint density at radius 1 is 0.818 bits per heavy atom. The number of aliphatic hydroxyl groups is 1. The molecule has 0 aromatic carbocycles. The lowest BCUT2D eigenvalue weighted by molar-refractivity contribution is -0.220. The minimum absolute atomic E-state index is 0.334. The Labute approximate surface area is 137 Å². The van der Waals surface area contributed by atoms with Crippen LogP contribution in [0.3, 0.4) is 0 Å². The van der Waals surface area contributed by atoms with Gasteiger partial charge in [0.1, 0.15) is 0 Å². The monoisotopic (exact) mass is 304 g/mol. The van der Waals surface area contributed by atoms with Crippen LogP contribution in [0.15, 0.2) is 0 Å². The number of rotatable bonds is 1. The fraction of sp³-hybridized carbons (Fsp3) is 1.00. The van der Waals surface area contributed by atoms with Gasteiger partial charge in [0.25, 0.3) is 0 Å². The van der Waals surface area contributed by atoms with Crippen LogP contribution < -0.4 is 0 Å². The molecule has 0 spiro atoms. The summed E-state index contributed by atoms with van der Waals surface area (Å²) in [5.74, 6) is 2.94. The first-order valence-electron chi connectivity index (χ1n) is 10.2. The maximum Gasteiger partial charge on any atom is 0.0714 e. The van der Waals surface area contributed by atoms with E-state index in [1.165, 1.54) is 64.2 Å². The quantitative estimate of drug-likeness (QED) is 0.672. The van der Waals surface area contributed by atoms with Gasteiger partial charge in [0.15, 0.2) is 0 Å². The smallest absolute Gasteiger partial charge is 0.0714 e. The molecule has 4 aliphatic carbocycles. The Hall–Kier alpha value is -0.0400. The molecule has 0 aliphatic heterocycles. The highest BCUT2D eigenvalue weighted by atomic mass is 16.3. The lowest BCUT2D eigenvalue weighted by Crippen LogP contribution is -2.63. The van der Waals surface area contributed by atoms with E-state index in [9.17, 15) is 5.11 Å². The summed E-state index contributed by atoms with van der Waals surface area (Å²) < 4.78 is 0. The molecule has 126 valence electrons. The molecule has 0 amide bonds. The van der Waals surface area contributed by atoms with Crippen LogP contribution >= 0.6 is 0 Å². The van der Waals surface area contributed by atoms with E-state index in [4.69, 9.17) is 0 Å². The molecular formula is C21H36O. The average Bonchev–Trinajstić information content (AvgIpc) is 2.84. The predicted molar refractivity (Wildman–Crippen MR) is 91.6 cm³/mol. The summed E-state index contributed by atoms with van der Waals surface area (Å²) in [7, 11) is 0. The van der Waals surface area contributed by atoms with Gasteiger partial charge in [-0.1, -0.05) is 40.0 Å². The summed E-state index contributed by atoms with van der Waals surface area (Å²) in [6, 6.07) is 0. The molecule has 1 heteroatoms. The molecule has 0 saturated heterocycles. The van der Waals surface area contributed by atoms with Crippen molar-refractivity contribution < 1.29 is 5.11 Å². The highest BCUT2D eigenvalue weighted by Crippen LogP contribution is 2.69. The molecule has 4 saturated carbocycles. The summed E-state index contributed by atoms with van der Waals surface area (Å²) in [6.45, 7) is 7.45. The van der Waals surface area contributed by atoms with Crippen LogP contribution in [0.25, 0.3) is 0 Å². The van der Waals surface area contributed by atoms with Gasteiger partial charge in [-0.25, -0.2) is 0 Å². The van der Waals surface area contributed by atoms with Crippen LogP contribution in [0.1, 0.15) is 91.4 Å². The molecule has 22 heavy (non-hydrogen) atoms. The van der Waals surface area contributed by atoms with Crippen molar-refractivity contribution in [3.8, 4) is 0 Å². The molecule has 4 aliphatic rings. The largest absolute Gasteiger partial charge is 0.389 e. The van der Waals surface area contributed by atoms with Crippen molar-refractivity contribution in [3.63, 3.8) is 0 Å². The zero-order valence-electron chi connectivity index (χ0n) is 15.0. The molecule has 0 radical (unpaired) electrons. The summed E-state index contributed by atoms with van der Waals surface area (Å²) >= 11 is 0. The van der Waals surface area contributed by atoms with E-state index in [2.05, 4.69) is 20.8 Å². The third-order valence-corrected chi connectivity index (χ3v) is 9.34. The molecule has 0 bridgehead atoms. The first kappa shape index (κ1) is 15.5. The van der Waals surface area contributed by atoms with Crippen molar-refractivity contribution in [2.24, 2.45) is 34.5 Å². The fourth-order valence-corrected chi connectivity index (χ4v) is 8.15. The second-order valence-electron chi connectivity index (χ2n) is 9.81. The minimum atomic E-state index is -0.334. The normalized spacial score (nSPS) is 57.8. The molecule has 0 aromatic heterocycles. The van der Waals surface area contributed by atoms with E-state index in [1.807, 2.05) is 0 Å². The number of fused-ring (bicyclic) bond motifs is 5. The van der Waals surface area contributed by atoms with Crippen molar-refractivity contribution >= 4 is 0 Å². The highest BCUT2D eigenvalue weighted by molar-refractivity contribution is 5.15. The molecule has 4 rings (SSSR count). The Kier molecular flexibility index (Phi) is 3.50. The minimum Gasteiger partial charge on any atom is -0.389 e. The van der Waals surface area contributed by atoms with Crippen molar-refractivity contribution in [3.05, 3.63) is 0 Å². The van der Waals surface area contributed by atoms with Crippen LogP contribution in [0.5, 0.6) is 0 Å². The van der Waals surface area contributed by atoms with Gasteiger partial charge in [-0.2, -0.15) is 0 Å². The van der Waals surface area contributed by atoms with E-state index in [0.29, 0.717) is 22.7 Å². The van der Waals surface area contributed by atoms with Gasteiger partial charge in [-0.05, 0) is 85.9 Å². The Bertz CT molecular complexity index is 445. The second kappa shape index (κ2) is 4.98. The van der Waals surface area contributed by atoms with Gasteiger partial charge in [0.05, 0.1) is 5.60 Å². The van der Waals surface area contributed by atoms with Crippen molar-refractivity contribution in [1.82, 2.24) is 0 Å². The lowest BCUT2D eigenvalue weighted by atomic mass is 9.43. The van der Waals surface area contributed by atoms with Crippen LogP contribution in [0.4, 0.5) is 0 Å². The molecule has 0 aromatic rings. The highest BCUT2D eigenvalue weighted by Gasteiger charge is 2.65. The fourth-order valence-electron chi connectivity index (χ4n) is 8.15. The van der Waals surface area contributed by atoms with Gasteiger partial charge in [0.2, 0.25) is 0 Å². The van der Waals surface area contributed by atoms with Crippen LogP contribution in [-0.4, -0.2) is 10.7 Å². The molecule has 1 N–H and O–H groups in total. The van der Waals surface area contributed by atoms with Crippen molar-refractivity contribution in [1.29, 1.82) is 0 Å². The van der Waals surface area contributed by atoms with Crippen LogP contribution in [0, 0.1) is 34.5 Å². The van der Waals surface area contributed by atoms with Crippen LogP contribution in [0.2, 0.25) is 0 Å². The maximum absolute atomic E-state index is 11.9. The van der Waals surface area contributed by atoms with Gasteiger partial charge in [-0.3, -0.25) is 0 Å². The zero-order valence-corrected chi connectivity index (χ0v) is 15.0. The van der Waals surface area contributed by atoms with Crippen molar-refractivity contribution in [2.45, 2.75) is 97.0 Å². The van der Waals surface area contributed by atoms with Gasteiger partial charge in [0, 0.05) is 0 Å². The Balaban J connectivity index is 1.70. The van der Waals surface area contributed by atoms with Gasteiger partial charge >= 0.3 is 0 Å². The maximum atomic E-state index is 11.9. The van der Waals surface area contributed by atoms with E-state index in [1.54, 1.807) is 0 Å². The van der Waals surface area contributed by atoms with E-state index in [0.717, 1.165) is 18.3 Å². The topological polar surface area (TPSA) is 20.2 Å². The number of hydrogen-bond acceptors (Lipinski definition) is 1. The van der Waals surface area contributed by atoms with Crippen LogP contribution in [-0.2, 0) is 0 Å². The standard InChI is InChI=1S/C21H36O/c1-4-15-8-9-17-20(15,3)13-11-18-19(2)12-6-5-7-16(19)10-14-21(17,18)22/h15-18,22H,4-14H2,1-3H3/t15-,16?,17+,18+,19-,20+,21+/m0/s1. The number of hydrogen-bond donors (Lipinski definition) is 1. The third-order valence-electron chi connectivity index (χ3n) is 9.34. The van der Waals surface area contributed by atoms with E-state index >= 15 is 0 Å². The van der Waals surface area contributed by atoms with Gasteiger partial charge < -0.3 is 5.11 Å². The predicted octanol–water partition coefficient (Wildman–Crippen LogP) is 5.56. The summed E-state index contributed by atoms with van der Waals surface area (Å²) in [5, 5.41) is 11.9. The van der Waals surface area contributed by atoms with Gasteiger partial charge in [-0.15, -0.1) is 0 Å². The molecule has 7 atom stereocenters. The summed E-state index contributed by atoms with van der Waals surface area (Å²) in [5.41, 5.74) is 0.536. The Morgan fingerprint density at radius 2 is 1.59 bits per heavy atom. The molecule has 1 unspecified atom stereocenters. The van der Waals surface area contributed by atoms with E-state index < -0.39 is 0 Å². The lowest BCUT2D eigenvalue weighted by Gasteiger charge is -2.64. The third kappa shape index (κ3) is 1.81. The second-order valence-corrected chi connectivity index (χ2v) is 9.81. The molecular weight excluding hydrogens is 268 g/mol. The van der Waals surface area contributed by atoms with Crippen molar-refractivity contribution in [2.75, 3.05) is 0 Å². The zero-order chi connectivity index (χ0) is 15.6. The SMILES string of the molecule is CC[C@H]1CC[C@@H]2[C@]1(C)CC[C@H]1[C@@]2(O)CCC2CCCC[C@@]21C. The summed E-state index contributed by atoms with van der Waals surface area (Å²) in [6.07, 6.45) is 14.7. The Morgan fingerprint density at radius 3 is 2.36 bits per heavy atom. The molecule has 4 fully saturated rings.